The van der Waals surface area contributed by atoms with Gasteiger partial charge in [0, 0.05) is 15.8 Å². The molecular formula is C11H8Cl2F3N3S2. The van der Waals surface area contributed by atoms with E-state index in [0.717, 1.165) is 16.9 Å². The van der Waals surface area contributed by atoms with Crippen LogP contribution in [0.2, 0.25) is 10.0 Å². The third-order valence-corrected chi connectivity index (χ3v) is 5.00. The van der Waals surface area contributed by atoms with Gasteiger partial charge >= 0.3 is 6.18 Å². The van der Waals surface area contributed by atoms with E-state index in [9.17, 15) is 13.2 Å². The molecule has 1 aromatic carbocycles. The Labute approximate surface area is 136 Å². The molecule has 10 heteroatoms. The van der Waals surface area contributed by atoms with Crippen molar-refractivity contribution in [2.24, 2.45) is 0 Å². The number of benzene rings is 1. The van der Waals surface area contributed by atoms with Crippen molar-refractivity contribution in [3.8, 4) is 0 Å². The lowest BCUT2D eigenvalue weighted by Crippen LogP contribution is -2.21. The second-order valence-corrected chi connectivity index (χ2v) is 6.85. The van der Waals surface area contributed by atoms with Crippen molar-refractivity contribution in [2.75, 3.05) is 11.9 Å². The molecule has 0 amide bonds. The van der Waals surface area contributed by atoms with Crippen molar-refractivity contribution < 1.29 is 13.2 Å². The third kappa shape index (κ3) is 5.21. The fourth-order valence-electron chi connectivity index (χ4n) is 1.32. The molecule has 0 bridgehead atoms. The Morgan fingerprint density at radius 1 is 1.19 bits per heavy atom. The summed E-state index contributed by atoms with van der Waals surface area (Å²) in [7, 11) is 0. The van der Waals surface area contributed by atoms with Gasteiger partial charge in [-0.25, -0.2) is 0 Å². The van der Waals surface area contributed by atoms with Crippen molar-refractivity contribution in [1.82, 2.24) is 10.2 Å². The molecular weight excluding hydrogens is 366 g/mol. The molecule has 2 rings (SSSR count). The van der Waals surface area contributed by atoms with Crippen LogP contribution in [0, 0.1) is 0 Å². The Bertz CT molecular complexity index is 599. The first-order valence-electron chi connectivity index (χ1n) is 5.55. The number of rotatable bonds is 5. The first-order chi connectivity index (χ1) is 9.85. The molecule has 0 saturated carbocycles. The van der Waals surface area contributed by atoms with E-state index in [0.29, 0.717) is 20.1 Å². The molecule has 1 aromatic heterocycles. The highest BCUT2D eigenvalue weighted by Gasteiger charge is 2.27. The van der Waals surface area contributed by atoms with Gasteiger partial charge in [0.15, 0.2) is 4.34 Å². The van der Waals surface area contributed by atoms with E-state index >= 15 is 0 Å². The number of thioether (sulfide) groups is 1. The van der Waals surface area contributed by atoms with Gasteiger partial charge in [0.1, 0.15) is 6.54 Å². The van der Waals surface area contributed by atoms with Gasteiger partial charge in [-0.2, -0.15) is 13.2 Å². The Hall–Kier alpha value is -0.700. The van der Waals surface area contributed by atoms with Crippen LogP contribution >= 0.6 is 46.3 Å². The van der Waals surface area contributed by atoms with E-state index in [-0.39, 0.29) is 5.13 Å². The fraction of sp³-hybridized carbons (Fsp3) is 0.273. The van der Waals surface area contributed by atoms with Gasteiger partial charge in [0.2, 0.25) is 5.13 Å². The SMILES string of the molecule is FC(F)(F)CNc1nnc(SCc2c(Cl)cccc2Cl)s1. The van der Waals surface area contributed by atoms with Gasteiger partial charge in [-0.05, 0) is 17.7 Å². The summed E-state index contributed by atoms with van der Waals surface area (Å²) < 4.78 is 36.7. The lowest BCUT2D eigenvalue weighted by atomic mass is 10.2. The highest BCUT2D eigenvalue weighted by atomic mass is 35.5. The average molecular weight is 374 g/mol. The first kappa shape index (κ1) is 16.7. The van der Waals surface area contributed by atoms with Gasteiger partial charge in [-0.15, -0.1) is 10.2 Å². The molecule has 1 N–H and O–H groups in total. The van der Waals surface area contributed by atoms with Crippen molar-refractivity contribution in [3.63, 3.8) is 0 Å². The van der Waals surface area contributed by atoms with Crippen molar-refractivity contribution in [3.05, 3.63) is 33.8 Å². The average Bonchev–Trinajstić information content (AvgIpc) is 2.83. The number of aromatic nitrogens is 2. The number of nitrogens with zero attached hydrogens (tertiary/aromatic N) is 2. The monoisotopic (exact) mass is 373 g/mol. The van der Waals surface area contributed by atoms with Gasteiger partial charge in [-0.3, -0.25) is 0 Å². The lowest BCUT2D eigenvalue weighted by Gasteiger charge is -2.05. The molecule has 21 heavy (non-hydrogen) atoms. The van der Waals surface area contributed by atoms with Crippen LogP contribution in [-0.2, 0) is 5.75 Å². The van der Waals surface area contributed by atoms with Crippen molar-refractivity contribution in [2.45, 2.75) is 16.3 Å². The topological polar surface area (TPSA) is 37.8 Å². The van der Waals surface area contributed by atoms with Gasteiger partial charge in [0.05, 0.1) is 0 Å². The molecule has 0 spiro atoms. The molecule has 0 aliphatic heterocycles. The zero-order chi connectivity index (χ0) is 15.5. The summed E-state index contributed by atoms with van der Waals surface area (Å²) in [5, 5.41) is 10.8. The van der Waals surface area contributed by atoms with Crippen LogP contribution in [0.3, 0.4) is 0 Å². The van der Waals surface area contributed by atoms with Crippen LogP contribution in [0.15, 0.2) is 22.5 Å². The molecule has 114 valence electrons. The summed E-state index contributed by atoms with van der Waals surface area (Å²) in [6.07, 6.45) is -4.29. The van der Waals surface area contributed by atoms with Crippen LogP contribution in [0.4, 0.5) is 18.3 Å². The largest absolute Gasteiger partial charge is 0.405 e. The van der Waals surface area contributed by atoms with Crippen LogP contribution in [0.25, 0.3) is 0 Å². The predicted octanol–water partition coefficient (Wildman–Crippen LogP) is 5.11. The van der Waals surface area contributed by atoms with Crippen LogP contribution in [-0.4, -0.2) is 22.9 Å². The minimum atomic E-state index is -4.29. The highest BCUT2D eigenvalue weighted by Crippen LogP contribution is 2.33. The van der Waals surface area contributed by atoms with Crippen molar-refractivity contribution >= 4 is 51.4 Å². The van der Waals surface area contributed by atoms with Gasteiger partial charge in [0.25, 0.3) is 0 Å². The summed E-state index contributed by atoms with van der Waals surface area (Å²) >= 11 is 14.4. The van der Waals surface area contributed by atoms with E-state index in [1.165, 1.54) is 11.8 Å². The second kappa shape index (κ2) is 7.04. The molecule has 0 radical (unpaired) electrons. The standard InChI is InChI=1S/C11H8Cl2F3N3S2/c12-7-2-1-3-8(13)6(7)4-20-10-19-18-9(21-10)17-5-11(14,15)16/h1-3H,4-5H2,(H,17,18). The zero-order valence-corrected chi connectivity index (χ0v) is 13.4. The molecule has 3 nitrogen and oxygen atoms in total. The van der Waals surface area contributed by atoms with Gasteiger partial charge in [-0.1, -0.05) is 52.4 Å². The summed E-state index contributed by atoms with van der Waals surface area (Å²) in [6.45, 7) is -1.14. The van der Waals surface area contributed by atoms with Crippen LogP contribution < -0.4 is 5.32 Å². The normalized spacial score (nSPS) is 11.7. The molecule has 0 aliphatic rings. The number of hydrogen-bond acceptors (Lipinski definition) is 5. The van der Waals surface area contributed by atoms with E-state index in [2.05, 4.69) is 15.5 Å². The maximum atomic E-state index is 12.1. The van der Waals surface area contributed by atoms with Crippen LogP contribution in [0.1, 0.15) is 5.56 Å². The Balaban J connectivity index is 1.94. The molecule has 0 aliphatic carbocycles. The Kier molecular flexibility index (Phi) is 5.59. The summed E-state index contributed by atoms with van der Waals surface area (Å²) in [4.78, 5) is 0. The van der Waals surface area contributed by atoms with Gasteiger partial charge < -0.3 is 5.32 Å². The Morgan fingerprint density at radius 2 is 1.86 bits per heavy atom. The second-order valence-electron chi connectivity index (χ2n) is 3.83. The maximum absolute atomic E-state index is 12.1. The van der Waals surface area contributed by atoms with E-state index in [1.807, 2.05) is 0 Å². The summed E-state index contributed by atoms with van der Waals surface area (Å²) in [6, 6.07) is 5.18. The van der Waals surface area contributed by atoms with E-state index < -0.39 is 12.7 Å². The maximum Gasteiger partial charge on any atom is 0.405 e. The third-order valence-electron chi connectivity index (χ3n) is 2.25. The fourth-order valence-corrected chi connectivity index (χ4v) is 3.81. The molecule has 1 heterocycles. The summed E-state index contributed by atoms with van der Waals surface area (Å²) in [5.74, 6) is 0.465. The lowest BCUT2D eigenvalue weighted by molar-refractivity contribution is -0.115. The smallest absolute Gasteiger partial charge is 0.351 e. The quantitative estimate of drug-likeness (QED) is 0.738. The highest BCUT2D eigenvalue weighted by molar-refractivity contribution is 8.00. The minimum Gasteiger partial charge on any atom is -0.351 e. The number of nitrogens with one attached hydrogen (secondary N) is 1. The zero-order valence-electron chi connectivity index (χ0n) is 10.2. The number of anilines is 1. The first-order valence-corrected chi connectivity index (χ1v) is 8.11. The van der Waals surface area contributed by atoms with E-state index in [4.69, 9.17) is 23.2 Å². The molecule has 0 fully saturated rings. The minimum absolute atomic E-state index is 0.125. The van der Waals surface area contributed by atoms with E-state index in [1.54, 1.807) is 18.2 Å². The molecule has 0 saturated heterocycles. The molecule has 0 unspecified atom stereocenters. The van der Waals surface area contributed by atoms with Crippen molar-refractivity contribution in [1.29, 1.82) is 0 Å². The number of alkyl halides is 3. The Morgan fingerprint density at radius 3 is 2.48 bits per heavy atom. The number of halogens is 5. The summed E-state index contributed by atoms with van der Waals surface area (Å²) in [5.41, 5.74) is 0.755. The predicted molar refractivity (Wildman–Crippen MR) is 80.5 cm³/mol. The molecule has 0 atom stereocenters. The number of hydrogen-bond donors (Lipinski definition) is 1. The van der Waals surface area contributed by atoms with Crippen LogP contribution in [0.5, 0.6) is 0 Å². The molecule has 2 aromatic rings.